The normalized spacial score (nSPS) is 15.9. The molecule has 36 heavy (non-hydrogen) atoms. The van der Waals surface area contributed by atoms with E-state index in [-0.39, 0.29) is 41.4 Å². The Morgan fingerprint density at radius 2 is 1.86 bits per heavy atom. The summed E-state index contributed by atoms with van der Waals surface area (Å²) < 4.78 is 108. The van der Waals surface area contributed by atoms with Gasteiger partial charge in [0.25, 0.3) is 10.0 Å². The number of likely N-dealkylation sites (N-methyl/N-ethyl adjacent to an activating group) is 1. The number of anilines is 1. The molecule has 0 spiro atoms. The fraction of sp³-hybridized carbons (Fsp3) is 0.250. The molecule has 6 nitrogen and oxygen atoms in total. The number of rotatable bonds is 6. The van der Waals surface area contributed by atoms with Crippen LogP contribution in [0.15, 0.2) is 59.5 Å². The van der Waals surface area contributed by atoms with Gasteiger partial charge in [0.05, 0.1) is 29.8 Å². The molecule has 192 valence electrons. The zero-order valence-electron chi connectivity index (χ0n) is 19.1. The summed E-state index contributed by atoms with van der Waals surface area (Å²) in [6.45, 7) is 0.0103. The molecule has 0 amide bonds. The van der Waals surface area contributed by atoms with Gasteiger partial charge in [0.1, 0.15) is 17.7 Å². The quantitative estimate of drug-likeness (QED) is 0.464. The summed E-state index contributed by atoms with van der Waals surface area (Å²) in [5, 5.41) is 2.87. The highest BCUT2D eigenvalue weighted by molar-refractivity contribution is 7.92. The van der Waals surface area contributed by atoms with Crippen molar-refractivity contribution in [3.05, 3.63) is 71.8 Å². The van der Waals surface area contributed by atoms with Crippen LogP contribution in [0, 0.1) is 11.6 Å². The summed E-state index contributed by atoms with van der Waals surface area (Å²) in [5.74, 6) is -1.87. The highest BCUT2D eigenvalue weighted by atomic mass is 32.2. The Kier molecular flexibility index (Phi) is 6.84. The molecule has 3 aromatic rings. The van der Waals surface area contributed by atoms with Crippen LogP contribution in [0.2, 0.25) is 0 Å². The van der Waals surface area contributed by atoms with Gasteiger partial charge >= 0.3 is 6.18 Å². The van der Waals surface area contributed by atoms with Crippen LogP contribution in [0.1, 0.15) is 5.56 Å². The number of benzene rings is 3. The number of hydrogen-bond acceptors (Lipinski definition) is 5. The minimum atomic E-state index is -4.75. The van der Waals surface area contributed by atoms with Crippen LogP contribution >= 0.6 is 0 Å². The van der Waals surface area contributed by atoms with Crippen molar-refractivity contribution < 1.29 is 39.8 Å². The monoisotopic (exact) mass is 528 g/mol. The molecule has 1 aliphatic heterocycles. The van der Waals surface area contributed by atoms with Gasteiger partial charge in [-0.15, -0.1) is 0 Å². The number of halogens is 5. The smallest absolute Gasteiger partial charge is 0.416 e. The lowest BCUT2D eigenvalue weighted by molar-refractivity contribution is -0.137. The maximum atomic E-state index is 14.9. The highest BCUT2D eigenvalue weighted by Crippen LogP contribution is 2.42. The van der Waals surface area contributed by atoms with Crippen LogP contribution < -0.4 is 19.1 Å². The molecule has 1 aliphatic rings. The van der Waals surface area contributed by atoms with E-state index in [0.29, 0.717) is 6.07 Å². The Morgan fingerprint density at radius 3 is 2.53 bits per heavy atom. The Labute approximate surface area is 204 Å². The van der Waals surface area contributed by atoms with E-state index in [2.05, 4.69) is 5.32 Å². The number of sulfonamides is 1. The topological polar surface area (TPSA) is 67.9 Å². The molecule has 0 saturated heterocycles. The zero-order valence-corrected chi connectivity index (χ0v) is 19.9. The molecule has 1 heterocycles. The van der Waals surface area contributed by atoms with Crippen molar-refractivity contribution in [2.75, 3.05) is 31.6 Å². The summed E-state index contributed by atoms with van der Waals surface area (Å²) in [6, 6.07) is 9.30. The number of ether oxygens (including phenoxy) is 2. The third-order valence-corrected chi connectivity index (χ3v) is 7.38. The van der Waals surface area contributed by atoms with E-state index in [1.165, 1.54) is 25.3 Å². The third kappa shape index (κ3) is 4.82. The molecular weight excluding hydrogens is 507 g/mol. The lowest BCUT2D eigenvalue weighted by Gasteiger charge is -2.36. The van der Waals surface area contributed by atoms with Crippen LogP contribution in [0.3, 0.4) is 0 Å². The second-order valence-electron chi connectivity index (χ2n) is 8.01. The first-order chi connectivity index (χ1) is 17.0. The summed E-state index contributed by atoms with van der Waals surface area (Å²) in [6.07, 6.45) is -5.41. The first-order valence-electron chi connectivity index (χ1n) is 10.6. The van der Waals surface area contributed by atoms with Gasteiger partial charge < -0.3 is 14.8 Å². The van der Waals surface area contributed by atoms with Crippen LogP contribution in [0.25, 0.3) is 11.1 Å². The first kappa shape index (κ1) is 25.7. The summed E-state index contributed by atoms with van der Waals surface area (Å²) in [4.78, 5) is -0.572. The van der Waals surface area contributed by atoms with E-state index in [1.807, 2.05) is 0 Å². The number of hydrogen-bond donors (Lipinski definition) is 1. The summed E-state index contributed by atoms with van der Waals surface area (Å²) >= 11 is 0. The van der Waals surface area contributed by atoms with Gasteiger partial charge in [-0.05, 0) is 49.0 Å². The molecule has 0 radical (unpaired) electrons. The van der Waals surface area contributed by atoms with Crippen molar-refractivity contribution in [2.45, 2.75) is 17.2 Å². The maximum absolute atomic E-state index is 14.9. The van der Waals surface area contributed by atoms with Gasteiger partial charge in [0.2, 0.25) is 0 Å². The number of nitrogens with one attached hydrogen (secondary N) is 1. The standard InChI is InChI=1S/C24H21F5N2O4S/c1-30-12-17-13-31(36(32,33)18-5-3-4-15(9-18)24(27,28)29)20-8-14(6-7-21(20)35-17)19-10-16(25)11-22(34-2)23(19)26/h3-11,17,30H,12-13H2,1-2H3/t17-/m0/s1. The molecule has 0 saturated carbocycles. The number of nitrogens with zero attached hydrogens (tertiary/aromatic N) is 1. The van der Waals surface area contributed by atoms with Gasteiger partial charge in [-0.25, -0.2) is 17.2 Å². The van der Waals surface area contributed by atoms with Crippen LogP contribution in [0.4, 0.5) is 27.6 Å². The fourth-order valence-corrected chi connectivity index (χ4v) is 5.47. The van der Waals surface area contributed by atoms with Crippen molar-refractivity contribution in [3.8, 4) is 22.6 Å². The molecule has 12 heteroatoms. The molecular formula is C24H21F5N2O4S. The van der Waals surface area contributed by atoms with Crippen molar-refractivity contribution in [1.82, 2.24) is 5.32 Å². The van der Waals surface area contributed by atoms with E-state index in [0.717, 1.165) is 34.6 Å². The molecule has 0 aliphatic carbocycles. The molecule has 0 unspecified atom stereocenters. The van der Waals surface area contributed by atoms with E-state index in [9.17, 15) is 30.4 Å². The zero-order chi connectivity index (χ0) is 26.3. The Balaban J connectivity index is 1.87. The number of methoxy groups -OCH3 is 1. The second kappa shape index (κ2) is 9.58. The fourth-order valence-electron chi connectivity index (χ4n) is 3.92. The molecule has 1 atom stereocenters. The third-order valence-electron chi connectivity index (χ3n) is 5.61. The molecule has 0 aromatic heterocycles. The van der Waals surface area contributed by atoms with Crippen molar-refractivity contribution >= 4 is 15.7 Å². The van der Waals surface area contributed by atoms with Crippen LogP contribution in [-0.2, 0) is 16.2 Å². The van der Waals surface area contributed by atoms with E-state index >= 15 is 0 Å². The Bertz CT molecular complexity index is 1400. The van der Waals surface area contributed by atoms with Crippen LogP contribution in [-0.4, -0.2) is 41.8 Å². The number of fused-ring (bicyclic) bond motifs is 1. The average molecular weight is 528 g/mol. The second-order valence-corrected chi connectivity index (χ2v) is 9.87. The maximum Gasteiger partial charge on any atom is 0.416 e. The number of alkyl halides is 3. The van der Waals surface area contributed by atoms with E-state index in [1.54, 1.807) is 7.05 Å². The van der Waals surface area contributed by atoms with E-state index in [4.69, 9.17) is 9.47 Å². The van der Waals surface area contributed by atoms with Gasteiger partial charge in [-0.1, -0.05) is 12.1 Å². The van der Waals surface area contributed by atoms with Gasteiger partial charge in [0, 0.05) is 18.2 Å². The van der Waals surface area contributed by atoms with Crippen molar-refractivity contribution in [3.63, 3.8) is 0 Å². The summed E-state index contributed by atoms with van der Waals surface area (Å²) in [7, 11) is -1.70. The molecule has 1 N–H and O–H groups in total. The van der Waals surface area contributed by atoms with E-state index < -0.39 is 44.4 Å². The van der Waals surface area contributed by atoms with Gasteiger partial charge in [-0.2, -0.15) is 13.2 Å². The Hall–Kier alpha value is -3.38. The lowest BCUT2D eigenvalue weighted by atomic mass is 10.0. The predicted molar refractivity (Wildman–Crippen MR) is 123 cm³/mol. The minimum Gasteiger partial charge on any atom is -0.494 e. The predicted octanol–water partition coefficient (Wildman–Crippen LogP) is 4.83. The van der Waals surface area contributed by atoms with Crippen molar-refractivity contribution in [2.24, 2.45) is 0 Å². The molecule has 4 rings (SSSR count). The van der Waals surface area contributed by atoms with Gasteiger partial charge in [-0.3, -0.25) is 4.31 Å². The molecule has 0 fully saturated rings. The average Bonchev–Trinajstić information content (AvgIpc) is 2.84. The van der Waals surface area contributed by atoms with Crippen LogP contribution in [0.5, 0.6) is 11.5 Å². The minimum absolute atomic E-state index is 0.0279. The lowest BCUT2D eigenvalue weighted by Crippen LogP contribution is -2.47. The first-order valence-corrected chi connectivity index (χ1v) is 12.1. The Morgan fingerprint density at radius 1 is 1.11 bits per heavy atom. The van der Waals surface area contributed by atoms with Gasteiger partial charge in [0.15, 0.2) is 11.6 Å². The SMILES string of the molecule is CNC[C@H]1CN(S(=O)(=O)c2cccc(C(F)(F)F)c2)c2cc(-c3cc(F)cc(OC)c3F)ccc2O1. The molecule has 0 bridgehead atoms. The highest BCUT2D eigenvalue weighted by Gasteiger charge is 2.37. The summed E-state index contributed by atoms with van der Waals surface area (Å²) in [5.41, 5.74) is -1.22. The molecule has 3 aromatic carbocycles. The largest absolute Gasteiger partial charge is 0.494 e. The van der Waals surface area contributed by atoms with Crippen molar-refractivity contribution in [1.29, 1.82) is 0 Å².